The minimum Gasteiger partial charge on any atom is -1.00 e. The maximum absolute atomic E-state index is 5.62. The van der Waals surface area contributed by atoms with Crippen molar-refractivity contribution in [2.24, 2.45) is 0 Å². The van der Waals surface area contributed by atoms with E-state index in [1.54, 1.807) is 0 Å². The number of rotatable bonds is 8. The Morgan fingerprint density at radius 1 is 1.13 bits per heavy atom. The molecule has 0 aromatic heterocycles. The van der Waals surface area contributed by atoms with Gasteiger partial charge in [-0.1, -0.05) is 26.7 Å². The lowest BCUT2D eigenvalue weighted by atomic mass is 10.3. The van der Waals surface area contributed by atoms with Crippen LogP contribution in [0.15, 0.2) is 0 Å². The van der Waals surface area contributed by atoms with E-state index >= 15 is 0 Å². The van der Waals surface area contributed by atoms with Crippen molar-refractivity contribution in [3.63, 3.8) is 0 Å². The first-order chi connectivity index (χ1) is 6.52. The maximum Gasteiger partial charge on any atom is 0.210 e. The highest BCUT2D eigenvalue weighted by molar-refractivity contribution is 4.41. The number of unbranched alkanes of at least 4 members (excludes halogenated alkanes) is 2. The van der Waals surface area contributed by atoms with Crippen molar-refractivity contribution >= 4 is 0 Å². The average Bonchev–Trinajstić information content (AvgIpc) is 2.09. The molecule has 0 heterocycles. The van der Waals surface area contributed by atoms with E-state index in [9.17, 15) is 0 Å². The smallest absolute Gasteiger partial charge is 0.210 e. The molecular weight excluding hydrogens is 212 g/mol. The van der Waals surface area contributed by atoms with Gasteiger partial charge in [-0.25, -0.2) is 4.84 Å². The first kappa shape index (κ1) is 17.6. The SMILES string of the molecule is CCCCCNOC(CC)[N+](C)(C)C.[Cl-]. The van der Waals surface area contributed by atoms with Crippen LogP contribution < -0.4 is 17.9 Å². The largest absolute Gasteiger partial charge is 1.00 e. The molecule has 0 radical (unpaired) electrons. The molecular formula is C11H27ClN2O. The third-order valence-electron chi connectivity index (χ3n) is 2.31. The third kappa shape index (κ3) is 9.12. The van der Waals surface area contributed by atoms with Crippen LogP contribution in [0.1, 0.15) is 39.5 Å². The minimum absolute atomic E-state index is 0. The molecule has 1 atom stereocenters. The summed E-state index contributed by atoms with van der Waals surface area (Å²) in [7, 11) is 6.46. The van der Waals surface area contributed by atoms with Crippen molar-refractivity contribution in [2.75, 3.05) is 27.7 Å². The second-order valence-electron chi connectivity index (χ2n) is 4.70. The molecule has 0 aliphatic rings. The zero-order chi connectivity index (χ0) is 11.0. The van der Waals surface area contributed by atoms with Gasteiger partial charge in [0.1, 0.15) is 0 Å². The number of hydrogen-bond acceptors (Lipinski definition) is 2. The number of hydroxylamine groups is 1. The lowest BCUT2D eigenvalue weighted by Crippen LogP contribution is -3.00. The summed E-state index contributed by atoms with van der Waals surface area (Å²) in [6, 6.07) is 0. The van der Waals surface area contributed by atoms with Crippen molar-refractivity contribution in [1.29, 1.82) is 0 Å². The Balaban J connectivity index is 0. The Labute approximate surface area is 101 Å². The fourth-order valence-corrected chi connectivity index (χ4v) is 1.39. The molecule has 0 saturated heterocycles. The maximum atomic E-state index is 5.62. The topological polar surface area (TPSA) is 21.3 Å². The number of quaternary nitrogens is 1. The van der Waals surface area contributed by atoms with Crippen LogP contribution in [0, 0.1) is 0 Å². The van der Waals surface area contributed by atoms with E-state index in [1.165, 1.54) is 19.3 Å². The van der Waals surface area contributed by atoms with Gasteiger partial charge in [0, 0.05) is 13.0 Å². The van der Waals surface area contributed by atoms with Gasteiger partial charge in [-0.2, -0.15) is 5.48 Å². The quantitative estimate of drug-likeness (QED) is 0.257. The Kier molecular flexibility index (Phi) is 11.0. The molecule has 0 aliphatic carbocycles. The number of nitrogens with one attached hydrogen (secondary N) is 1. The number of nitrogens with zero attached hydrogens (tertiary/aromatic N) is 1. The molecule has 3 nitrogen and oxygen atoms in total. The monoisotopic (exact) mass is 238 g/mol. The summed E-state index contributed by atoms with van der Waals surface area (Å²) in [5.74, 6) is 0. The van der Waals surface area contributed by atoms with Gasteiger partial charge in [-0.15, -0.1) is 0 Å². The molecule has 0 rings (SSSR count). The van der Waals surface area contributed by atoms with Crippen LogP contribution in [0.2, 0.25) is 0 Å². The molecule has 1 unspecified atom stereocenters. The molecule has 0 spiro atoms. The standard InChI is InChI=1S/C11H27N2O.ClH/c1-6-8-9-10-12-14-11(7-2)13(3,4)5;/h11-12H,6-10H2,1-5H3;1H/q+1;/p-1. The first-order valence-electron chi connectivity index (χ1n) is 5.72. The minimum atomic E-state index is 0. The van der Waals surface area contributed by atoms with Crippen LogP contribution in [0.5, 0.6) is 0 Å². The lowest BCUT2D eigenvalue weighted by molar-refractivity contribution is -0.922. The van der Waals surface area contributed by atoms with Crippen molar-refractivity contribution in [2.45, 2.75) is 45.8 Å². The summed E-state index contributed by atoms with van der Waals surface area (Å²) >= 11 is 0. The zero-order valence-electron chi connectivity index (χ0n) is 10.8. The van der Waals surface area contributed by atoms with E-state index in [1.807, 2.05) is 0 Å². The molecule has 0 bridgehead atoms. The van der Waals surface area contributed by atoms with Crippen LogP contribution in [0.25, 0.3) is 0 Å². The predicted octanol–water partition coefficient (Wildman–Crippen LogP) is -0.856. The summed E-state index contributed by atoms with van der Waals surface area (Å²) in [5, 5.41) is 0. The molecule has 0 fully saturated rings. The van der Waals surface area contributed by atoms with Gasteiger partial charge < -0.3 is 16.9 Å². The van der Waals surface area contributed by atoms with Gasteiger partial charge in [0.05, 0.1) is 21.1 Å². The van der Waals surface area contributed by atoms with E-state index < -0.39 is 0 Å². The van der Waals surface area contributed by atoms with Crippen molar-refractivity contribution < 1.29 is 21.7 Å². The Morgan fingerprint density at radius 3 is 2.13 bits per heavy atom. The molecule has 0 aromatic rings. The first-order valence-corrected chi connectivity index (χ1v) is 5.72. The average molecular weight is 239 g/mol. The van der Waals surface area contributed by atoms with Gasteiger partial charge in [0.25, 0.3) is 0 Å². The van der Waals surface area contributed by atoms with E-state index in [0.717, 1.165) is 17.4 Å². The van der Waals surface area contributed by atoms with Crippen molar-refractivity contribution in [1.82, 2.24) is 5.48 Å². The van der Waals surface area contributed by atoms with Crippen LogP contribution in [0.4, 0.5) is 0 Å². The highest BCUT2D eigenvalue weighted by atomic mass is 35.5. The summed E-state index contributed by atoms with van der Waals surface area (Å²) in [4.78, 5) is 5.62. The summed E-state index contributed by atoms with van der Waals surface area (Å²) in [6.45, 7) is 5.33. The molecule has 4 heteroatoms. The Morgan fingerprint density at radius 2 is 1.73 bits per heavy atom. The molecule has 1 N–H and O–H groups in total. The molecule has 15 heavy (non-hydrogen) atoms. The van der Waals surface area contributed by atoms with Gasteiger partial charge in [-0.05, 0) is 6.42 Å². The third-order valence-corrected chi connectivity index (χ3v) is 2.31. The van der Waals surface area contributed by atoms with E-state index in [0.29, 0.717) is 0 Å². The summed E-state index contributed by atoms with van der Waals surface area (Å²) in [6.07, 6.45) is 5.01. The number of halogens is 1. The highest BCUT2D eigenvalue weighted by Gasteiger charge is 2.22. The van der Waals surface area contributed by atoms with E-state index in [-0.39, 0.29) is 18.6 Å². The molecule has 0 amide bonds. The fourth-order valence-electron chi connectivity index (χ4n) is 1.39. The van der Waals surface area contributed by atoms with Crippen molar-refractivity contribution in [3.05, 3.63) is 0 Å². The highest BCUT2D eigenvalue weighted by Crippen LogP contribution is 2.07. The normalized spacial score (nSPS) is 13.4. The van der Waals surface area contributed by atoms with Gasteiger partial charge in [-0.3, -0.25) is 0 Å². The van der Waals surface area contributed by atoms with Crippen LogP contribution in [-0.2, 0) is 4.84 Å². The fraction of sp³-hybridized carbons (Fsp3) is 1.00. The number of hydrogen-bond donors (Lipinski definition) is 1. The molecule has 94 valence electrons. The van der Waals surface area contributed by atoms with Gasteiger partial charge >= 0.3 is 0 Å². The second kappa shape index (κ2) is 9.40. The second-order valence-corrected chi connectivity index (χ2v) is 4.70. The van der Waals surface area contributed by atoms with Crippen LogP contribution in [0.3, 0.4) is 0 Å². The zero-order valence-corrected chi connectivity index (χ0v) is 11.6. The van der Waals surface area contributed by atoms with Gasteiger partial charge in [0.15, 0.2) is 0 Å². The predicted molar refractivity (Wildman–Crippen MR) is 60.7 cm³/mol. The summed E-state index contributed by atoms with van der Waals surface area (Å²) < 4.78 is 0.845. The molecule has 0 aliphatic heterocycles. The van der Waals surface area contributed by atoms with E-state index in [2.05, 4.69) is 40.5 Å². The van der Waals surface area contributed by atoms with Crippen molar-refractivity contribution in [3.8, 4) is 0 Å². The van der Waals surface area contributed by atoms with E-state index in [4.69, 9.17) is 4.84 Å². The molecule has 0 saturated carbocycles. The van der Waals surface area contributed by atoms with Crippen LogP contribution in [-0.4, -0.2) is 38.4 Å². The molecule has 0 aromatic carbocycles. The Hall–Kier alpha value is 0.170. The lowest BCUT2D eigenvalue weighted by Gasteiger charge is -2.32. The van der Waals surface area contributed by atoms with Gasteiger partial charge in [0.2, 0.25) is 6.23 Å². The Bertz CT molecular complexity index is 137. The summed E-state index contributed by atoms with van der Waals surface area (Å²) in [5.41, 5.74) is 3.06. The van der Waals surface area contributed by atoms with Crippen LogP contribution >= 0.6 is 0 Å².